The van der Waals surface area contributed by atoms with Crippen molar-refractivity contribution in [2.24, 2.45) is 0 Å². The van der Waals surface area contributed by atoms with Gasteiger partial charge in [0, 0.05) is 39.7 Å². The molecule has 0 aliphatic carbocycles. The van der Waals surface area contributed by atoms with E-state index in [2.05, 4.69) is 5.16 Å². The summed E-state index contributed by atoms with van der Waals surface area (Å²) in [5.74, 6) is 0.421. The zero-order valence-electron chi connectivity index (χ0n) is 13.3. The molecule has 1 aromatic rings. The molecule has 124 valence electrons. The Morgan fingerprint density at radius 1 is 1.50 bits per heavy atom. The highest BCUT2D eigenvalue weighted by Gasteiger charge is 2.34. The third-order valence-electron chi connectivity index (χ3n) is 3.87. The smallest absolute Gasteiger partial charge is 0.276 e. The molecule has 1 atom stereocenters. The molecule has 1 amide bonds. The van der Waals surface area contributed by atoms with E-state index >= 15 is 0 Å². The predicted molar refractivity (Wildman–Crippen MR) is 82.0 cm³/mol. The molecule has 1 aromatic heterocycles. The Morgan fingerprint density at radius 2 is 2.23 bits per heavy atom. The Labute approximate surface area is 131 Å². The molecule has 22 heavy (non-hydrogen) atoms. The maximum atomic E-state index is 12.5. The van der Waals surface area contributed by atoms with Crippen molar-refractivity contribution in [3.8, 4) is 0 Å². The molecule has 0 radical (unpaired) electrons. The second-order valence-electron chi connectivity index (χ2n) is 5.77. The fraction of sp³-hybridized carbons (Fsp3) is 0.714. The third-order valence-corrected chi connectivity index (χ3v) is 6.12. The summed E-state index contributed by atoms with van der Waals surface area (Å²) in [6.45, 7) is 2.77. The molecular formula is C14H23N3O4S. The second-order valence-corrected chi connectivity index (χ2v) is 8.20. The normalized spacial score (nSPS) is 19.6. The monoisotopic (exact) mass is 329 g/mol. The number of sulfonamides is 1. The van der Waals surface area contributed by atoms with Crippen molar-refractivity contribution < 1.29 is 17.7 Å². The quantitative estimate of drug-likeness (QED) is 0.808. The Morgan fingerprint density at radius 3 is 2.86 bits per heavy atom. The summed E-state index contributed by atoms with van der Waals surface area (Å²) in [5, 5.41) is 3.25. The highest BCUT2D eigenvalue weighted by molar-refractivity contribution is 7.89. The predicted octanol–water partition coefficient (Wildman–Crippen LogP) is 1.12. The topological polar surface area (TPSA) is 83.7 Å². The number of likely N-dealkylation sites (tertiary alicyclic amines) is 1. The van der Waals surface area contributed by atoms with Crippen molar-refractivity contribution in [1.82, 2.24) is 14.4 Å². The first-order valence-electron chi connectivity index (χ1n) is 7.52. The van der Waals surface area contributed by atoms with Crippen molar-refractivity contribution in [2.75, 3.05) is 27.2 Å². The summed E-state index contributed by atoms with van der Waals surface area (Å²) in [6.07, 6.45) is 2.89. The summed E-state index contributed by atoms with van der Waals surface area (Å²) < 4.78 is 30.8. The van der Waals surface area contributed by atoms with Crippen LogP contribution in [0.1, 0.15) is 42.4 Å². The molecule has 1 saturated heterocycles. The molecule has 0 bridgehead atoms. The van der Waals surface area contributed by atoms with Crippen LogP contribution < -0.4 is 0 Å². The minimum Gasteiger partial charge on any atom is -0.361 e. The van der Waals surface area contributed by atoms with Crippen LogP contribution in [0.3, 0.4) is 0 Å². The van der Waals surface area contributed by atoms with E-state index in [1.165, 1.54) is 18.4 Å². The second kappa shape index (κ2) is 6.78. The van der Waals surface area contributed by atoms with Crippen LogP contribution in [0.4, 0.5) is 0 Å². The van der Waals surface area contributed by atoms with Gasteiger partial charge in [-0.15, -0.1) is 0 Å². The molecule has 1 aliphatic rings. The SMILES string of the molecule is CCCc1cc(C(=O)N2CCCC(S(=O)(=O)N(C)C)C2)no1. The number of aryl methyl sites for hydroxylation is 1. The minimum absolute atomic E-state index is 0.204. The number of amides is 1. The number of carbonyl (C=O) groups is 1. The van der Waals surface area contributed by atoms with Gasteiger partial charge in [-0.3, -0.25) is 4.79 Å². The van der Waals surface area contributed by atoms with Crippen LogP contribution in [0.25, 0.3) is 0 Å². The van der Waals surface area contributed by atoms with Crippen LogP contribution in [-0.2, 0) is 16.4 Å². The van der Waals surface area contributed by atoms with Crippen LogP contribution in [0.2, 0.25) is 0 Å². The van der Waals surface area contributed by atoms with E-state index in [4.69, 9.17) is 4.52 Å². The Balaban J connectivity index is 2.10. The van der Waals surface area contributed by atoms with Gasteiger partial charge in [-0.2, -0.15) is 0 Å². The molecule has 1 fully saturated rings. The van der Waals surface area contributed by atoms with Gasteiger partial charge in [0.05, 0.1) is 5.25 Å². The Hall–Kier alpha value is -1.41. The van der Waals surface area contributed by atoms with Gasteiger partial charge >= 0.3 is 0 Å². The fourth-order valence-electron chi connectivity index (χ4n) is 2.60. The summed E-state index contributed by atoms with van der Waals surface area (Å²) in [5.41, 5.74) is 0.256. The van der Waals surface area contributed by atoms with Crippen LogP contribution in [0.5, 0.6) is 0 Å². The Bertz CT molecular complexity index is 624. The largest absolute Gasteiger partial charge is 0.361 e. The van der Waals surface area contributed by atoms with Gasteiger partial charge in [-0.05, 0) is 19.3 Å². The fourth-order valence-corrected chi connectivity index (χ4v) is 4.03. The lowest BCUT2D eigenvalue weighted by molar-refractivity contribution is 0.0715. The number of hydrogen-bond donors (Lipinski definition) is 0. The first-order chi connectivity index (χ1) is 10.4. The maximum absolute atomic E-state index is 12.5. The van der Waals surface area contributed by atoms with Gasteiger partial charge in [-0.1, -0.05) is 12.1 Å². The lowest BCUT2D eigenvalue weighted by Crippen LogP contribution is -2.48. The average Bonchev–Trinajstić information content (AvgIpc) is 2.95. The summed E-state index contributed by atoms with van der Waals surface area (Å²) >= 11 is 0. The van der Waals surface area contributed by atoms with Gasteiger partial charge in [0.25, 0.3) is 5.91 Å². The van der Waals surface area contributed by atoms with E-state index in [9.17, 15) is 13.2 Å². The summed E-state index contributed by atoms with van der Waals surface area (Å²) in [7, 11) is -0.319. The molecule has 0 spiro atoms. The molecule has 1 aliphatic heterocycles. The molecule has 0 saturated carbocycles. The van der Waals surface area contributed by atoms with E-state index in [1.807, 2.05) is 6.92 Å². The molecule has 2 rings (SSSR count). The zero-order chi connectivity index (χ0) is 16.3. The van der Waals surface area contributed by atoms with Gasteiger partial charge in [0.2, 0.25) is 10.0 Å². The number of aromatic nitrogens is 1. The van der Waals surface area contributed by atoms with Crippen LogP contribution in [0.15, 0.2) is 10.6 Å². The summed E-state index contributed by atoms with van der Waals surface area (Å²) in [6, 6.07) is 1.65. The van der Waals surface area contributed by atoms with E-state index in [-0.39, 0.29) is 18.1 Å². The van der Waals surface area contributed by atoms with Gasteiger partial charge in [0.15, 0.2) is 5.69 Å². The molecule has 7 nitrogen and oxygen atoms in total. The van der Waals surface area contributed by atoms with Crippen molar-refractivity contribution in [2.45, 2.75) is 37.9 Å². The number of nitrogens with zero attached hydrogens (tertiary/aromatic N) is 3. The highest BCUT2D eigenvalue weighted by Crippen LogP contribution is 2.20. The van der Waals surface area contributed by atoms with Crippen molar-refractivity contribution in [3.05, 3.63) is 17.5 Å². The van der Waals surface area contributed by atoms with Crippen LogP contribution >= 0.6 is 0 Å². The number of carbonyl (C=O) groups excluding carboxylic acids is 1. The molecule has 0 aromatic carbocycles. The van der Waals surface area contributed by atoms with Crippen LogP contribution in [0, 0.1) is 0 Å². The van der Waals surface area contributed by atoms with Crippen molar-refractivity contribution in [3.63, 3.8) is 0 Å². The molecular weight excluding hydrogens is 306 g/mol. The minimum atomic E-state index is -3.36. The first-order valence-corrected chi connectivity index (χ1v) is 9.02. The van der Waals surface area contributed by atoms with E-state index < -0.39 is 15.3 Å². The van der Waals surface area contributed by atoms with E-state index in [0.717, 1.165) is 12.8 Å². The highest BCUT2D eigenvalue weighted by atomic mass is 32.2. The number of hydrogen-bond acceptors (Lipinski definition) is 5. The van der Waals surface area contributed by atoms with Crippen molar-refractivity contribution >= 4 is 15.9 Å². The van der Waals surface area contributed by atoms with Gasteiger partial charge in [0.1, 0.15) is 5.76 Å². The average molecular weight is 329 g/mol. The number of rotatable bonds is 5. The Kier molecular flexibility index (Phi) is 5.23. The summed E-state index contributed by atoms with van der Waals surface area (Å²) in [4.78, 5) is 14.0. The number of piperidine rings is 1. The standard InChI is InChI=1S/C14H23N3O4S/c1-4-6-11-9-13(15-21-11)14(18)17-8-5-7-12(10-17)22(19,20)16(2)3/h9,12H,4-8,10H2,1-3H3. The maximum Gasteiger partial charge on any atom is 0.276 e. The van der Waals surface area contributed by atoms with Crippen molar-refractivity contribution in [1.29, 1.82) is 0 Å². The lowest BCUT2D eigenvalue weighted by Gasteiger charge is -2.33. The first kappa shape index (κ1) is 17.0. The third kappa shape index (κ3) is 3.49. The molecule has 2 heterocycles. The molecule has 8 heteroatoms. The van der Waals surface area contributed by atoms with Gasteiger partial charge < -0.3 is 9.42 Å². The van der Waals surface area contributed by atoms with Crippen LogP contribution in [-0.4, -0.2) is 61.1 Å². The zero-order valence-corrected chi connectivity index (χ0v) is 14.1. The molecule has 1 unspecified atom stereocenters. The van der Waals surface area contributed by atoms with E-state index in [0.29, 0.717) is 25.1 Å². The lowest BCUT2D eigenvalue weighted by atomic mass is 10.1. The molecule has 0 N–H and O–H groups in total. The van der Waals surface area contributed by atoms with Gasteiger partial charge in [-0.25, -0.2) is 12.7 Å². The van der Waals surface area contributed by atoms with E-state index in [1.54, 1.807) is 11.0 Å².